The summed E-state index contributed by atoms with van der Waals surface area (Å²) < 4.78 is -0.0602. The van der Waals surface area contributed by atoms with E-state index in [1.54, 1.807) is 0 Å². The summed E-state index contributed by atoms with van der Waals surface area (Å²) in [5.41, 5.74) is 14.7. The first-order valence-electron chi connectivity index (χ1n) is 9.66. The summed E-state index contributed by atoms with van der Waals surface area (Å²) in [6.07, 6.45) is 2.89. The van der Waals surface area contributed by atoms with Gasteiger partial charge in [0, 0.05) is 39.0 Å². The molecule has 0 fully saturated rings. The van der Waals surface area contributed by atoms with Crippen LogP contribution in [0.15, 0.2) is 9.98 Å². The van der Waals surface area contributed by atoms with Crippen molar-refractivity contribution in [1.29, 1.82) is 10.5 Å². The largest absolute Gasteiger partial charge is 0.788 e. The van der Waals surface area contributed by atoms with Crippen LogP contribution < -0.4 is 0 Å². The maximum atomic E-state index is 7.67. The Morgan fingerprint density at radius 2 is 0.794 bits per heavy atom. The Morgan fingerprint density at radius 1 is 0.588 bits per heavy atom. The van der Waals surface area contributed by atoms with E-state index in [0.29, 0.717) is 0 Å². The number of nitrogens with zero attached hydrogens (tertiary/aromatic N) is 4. The summed E-state index contributed by atoms with van der Waals surface area (Å²) in [5.74, 6) is 0. The second kappa shape index (κ2) is 20.4. The summed E-state index contributed by atoms with van der Waals surface area (Å²) in [6.45, 7) is 22.0. The Kier molecular flexibility index (Phi) is 24.1. The molecule has 0 N–H and O–H groups in total. The van der Waals surface area contributed by atoms with E-state index in [-0.39, 0.29) is 47.7 Å². The molecule has 0 unspecified atom stereocenters. The first-order chi connectivity index (χ1) is 14.6. The van der Waals surface area contributed by atoms with Gasteiger partial charge in [-0.15, -0.1) is 0 Å². The van der Waals surface area contributed by atoms with Crippen molar-refractivity contribution in [3.63, 3.8) is 0 Å². The minimum Gasteiger partial charge on any atom is -0.788 e. The van der Waals surface area contributed by atoms with Crippen LogP contribution in [-0.4, -0.2) is 8.75 Å². The van der Waals surface area contributed by atoms with E-state index in [4.69, 9.17) is 10.5 Å². The topological polar surface area (TPSA) is 72.3 Å². The van der Waals surface area contributed by atoms with Crippen molar-refractivity contribution in [2.45, 2.75) is 69.2 Å². The number of rotatable bonds is 0. The second-order valence-corrected chi connectivity index (χ2v) is 9.27. The Labute approximate surface area is 254 Å². The van der Waals surface area contributed by atoms with Gasteiger partial charge in [-0.3, -0.25) is 0 Å². The summed E-state index contributed by atoms with van der Waals surface area (Å²) in [6, 6.07) is 0. The van der Waals surface area contributed by atoms with Gasteiger partial charge in [0.05, 0.1) is 0 Å². The SMILES string of the molecule is C[c-]1[c-](C)[c-](C)[c-](C)[c-]1C.Cc1c(C)c(C)[c-](C)c1C.N#CN=C([S-])[S-].N#CN=C([S-])[S-].[Rh].[Rh]. The van der Waals surface area contributed by atoms with Crippen molar-refractivity contribution >= 4 is 59.3 Å². The molecule has 2 aromatic carbocycles. The standard InChI is InChI=1S/2C10H15.2C2H2N2S2.2Rh/c2*1-6-7(2)9(4)10(5)8(6)3;2*3-1-4-2(5)6;;/h2*1-5H3;2*(H2,4,5,6);;/q-5;-1;;;;/p-4. The van der Waals surface area contributed by atoms with Crippen LogP contribution >= 0.6 is 0 Å². The van der Waals surface area contributed by atoms with Crippen LogP contribution in [0, 0.1) is 92.1 Å². The molecular formula is C24H30N4Rh2S4-10. The second-order valence-electron chi connectivity index (χ2n) is 7.21. The molecule has 0 aliphatic rings. The molecule has 0 aliphatic heterocycles. The molecular weight excluding hydrogens is 678 g/mol. The van der Waals surface area contributed by atoms with E-state index in [1.807, 2.05) is 0 Å². The molecule has 0 amide bonds. The van der Waals surface area contributed by atoms with E-state index in [9.17, 15) is 0 Å². The van der Waals surface area contributed by atoms with E-state index >= 15 is 0 Å². The van der Waals surface area contributed by atoms with E-state index < -0.39 is 0 Å². The average Bonchev–Trinajstić information content (AvgIpc) is 2.99. The molecule has 10 heteroatoms. The molecule has 0 bridgehead atoms. The van der Waals surface area contributed by atoms with Crippen molar-refractivity contribution in [2.24, 2.45) is 9.98 Å². The summed E-state index contributed by atoms with van der Waals surface area (Å²) in [4.78, 5) is 5.95. The van der Waals surface area contributed by atoms with Crippen molar-refractivity contribution in [3.05, 3.63) is 55.6 Å². The molecule has 2 aromatic rings. The molecule has 2 rings (SSSR count). The third-order valence-electron chi connectivity index (χ3n) is 5.91. The average molecular weight is 709 g/mol. The molecule has 0 atom stereocenters. The Morgan fingerprint density at radius 3 is 0.853 bits per heavy atom. The Hall–Kier alpha value is -0.853. The van der Waals surface area contributed by atoms with Crippen LogP contribution in [-0.2, 0) is 89.5 Å². The van der Waals surface area contributed by atoms with Gasteiger partial charge in [-0.2, -0.15) is 38.3 Å². The summed E-state index contributed by atoms with van der Waals surface area (Å²) in [7, 11) is 0. The molecule has 0 aliphatic carbocycles. The zero-order valence-corrected chi connectivity index (χ0v) is 27.6. The number of hydrogen-bond acceptors (Lipinski definition) is 8. The van der Waals surface area contributed by atoms with Gasteiger partial charge in [-0.05, 0) is 0 Å². The van der Waals surface area contributed by atoms with E-state index in [2.05, 4.69) is 130 Å². The van der Waals surface area contributed by atoms with Crippen LogP contribution in [0.3, 0.4) is 0 Å². The zero-order chi connectivity index (χ0) is 25.8. The van der Waals surface area contributed by atoms with Crippen LogP contribution in [0.2, 0.25) is 0 Å². The van der Waals surface area contributed by atoms with Gasteiger partial charge < -0.3 is 78.3 Å². The van der Waals surface area contributed by atoms with Gasteiger partial charge in [-0.1, -0.05) is 34.6 Å². The van der Waals surface area contributed by atoms with Crippen LogP contribution in [0.1, 0.15) is 55.6 Å². The van der Waals surface area contributed by atoms with Gasteiger partial charge in [0.15, 0.2) is 0 Å². The fourth-order valence-corrected chi connectivity index (χ4v) is 3.06. The minimum atomic E-state index is -0.0301. The van der Waals surface area contributed by atoms with Crippen LogP contribution in [0.4, 0.5) is 0 Å². The molecule has 0 heterocycles. The van der Waals surface area contributed by atoms with E-state index in [1.165, 1.54) is 68.0 Å². The fourth-order valence-electron chi connectivity index (χ4n) is 2.89. The first-order valence-corrected chi connectivity index (χ1v) is 11.3. The third kappa shape index (κ3) is 13.9. The van der Waals surface area contributed by atoms with Crippen LogP contribution in [0.25, 0.3) is 0 Å². The van der Waals surface area contributed by atoms with Crippen molar-refractivity contribution in [3.8, 4) is 12.4 Å². The Balaban J connectivity index is -0.000000179. The van der Waals surface area contributed by atoms with Gasteiger partial charge in [-0.25, -0.2) is 53.4 Å². The molecule has 0 aromatic heterocycles. The van der Waals surface area contributed by atoms with Gasteiger partial charge in [0.2, 0.25) is 12.4 Å². The maximum Gasteiger partial charge on any atom is 0.202 e. The maximum absolute atomic E-state index is 7.67. The smallest absolute Gasteiger partial charge is 0.202 e. The molecule has 34 heavy (non-hydrogen) atoms. The first kappa shape index (κ1) is 40.3. The number of aliphatic imine (C=N–C) groups is 2. The predicted molar refractivity (Wildman–Crippen MR) is 147 cm³/mol. The van der Waals surface area contributed by atoms with Gasteiger partial charge in [0.1, 0.15) is 0 Å². The Bertz CT molecular complexity index is 800. The number of hydrogen-bond donors (Lipinski definition) is 0. The van der Waals surface area contributed by atoms with Gasteiger partial charge >= 0.3 is 0 Å². The quantitative estimate of drug-likeness (QED) is 0.0871. The predicted octanol–water partition coefficient (Wildman–Crippen LogP) is 5.72. The monoisotopic (exact) mass is 708 g/mol. The molecule has 198 valence electrons. The molecule has 0 spiro atoms. The van der Waals surface area contributed by atoms with Crippen molar-refractivity contribution in [2.75, 3.05) is 0 Å². The fraction of sp³-hybridized carbons (Fsp3) is 0.417. The summed E-state index contributed by atoms with van der Waals surface area (Å²) in [5, 5.41) is 15.3. The van der Waals surface area contributed by atoms with Crippen LogP contribution in [0.5, 0.6) is 0 Å². The van der Waals surface area contributed by atoms with Crippen molar-refractivity contribution in [1.82, 2.24) is 0 Å². The third-order valence-corrected chi connectivity index (χ3v) is 6.27. The molecule has 0 saturated heterocycles. The normalized spacial score (nSPS) is 8.24. The van der Waals surface area contributed by atoms with Crippen molar-refractivity contribution < 1.29 is 39.0 Å². The number of nitriles is 2. The van der Waals surface area contributed by atoms with E-state index in [0.717, 1.165) is 0 Å². The summed E-state index contributed by atoms with van der Waals surface area (Å²) >= 11 is 16.9. The molecule has 2 radical (unpaired) electrons. The zero-order valence-electron chi connectivity index (χ0n) is 21.1. The molecule has 0 saturated carbocycles. The minimum absolute atomic E-state index is 0. The van der Waals surface area contributed by atoms with Gasteiger partial charge in [0.25, 0.3) is 0 Å². The molecule has 4 nitrogen and oxygen atoms in total.